The number of imidazole rings is 1. The highest BCUT2D eigenvalue weighted by atomic mass is 16.3. The Labute approximate surface area is 105 Å². The Morgan fingerprint density at radius 1 is 1.24 bits per heavy atom. The molecule has 0 saturated carbocycles. The van der Waals surface area contributed by atoms with Crippen molar-refractivity contribution in [3.63, 3.8) is 0 Å². The molecule has 0 fully saturated rings. The molecular formula is C14H26N2O. The molecule has 0 radical (unpaired) electrons. The van der Waals surface area contributed by atoms with E-state index in [-0.39, 0.29) is 6.10 Å². The topological polar surface area (TPSA) is 38.0 Å². The van der Waals surface area contributed by atoms with E-state index in [1.165, 1.54) is 6.42 Å². The van der Waals surface area contributed by atoms with E-state index in [0.29, 0.717) is 5.41 Å². The Morgan fingerprint density at radius 3 is 2.53 bits per heavy atom. The third-order valence-electron chi connectivity index (χ3n) is 2.98. The fraction of sp³-hybridized carbons (Fsp3) is 0.786. The van der Waals surface area contributed by atoms with Gasteiger partial charge in [0.25, 0.3) is 0 Å². The molecule has 0 aliphatic carbocycles. The molecule has 0 aliphatic rings. The molecule has 1 rings (SSSR count). The van der Waals surface area contributed by atoms with Gasteiger partial charge in [-0.1, -0.05) is 27.2 Å². The summed E-state index contributed by atoms with van der Waals surface area (Å²) in [6, 6.07) is 0. The van der Waals surface area contributed by atoms with Crippen LogP contribution in [0.15, 0.2) is 18.7 Å². The zero-order valence-electron chi connectivity index (χ0n) is 11.4. The minimum Gasteiger partial charge on any atom is -0.393 e. The maximum atomic E-state index is 9.85. The van der Waals surface area contributed by atoms with Crippen LogP contribution < -0.4 is 0 Å². The Hall–Kier alpha value is -0.830. The van der Waals surface area contributed by atoms with Gasteiger partial charge in [-0.15, -0.1) is 0 Å². The first-order valence-corrected chi connectivity index (χ1v) is 6.61. The van der Waals surface area contributed by atoms with Crippen LogP contribution in [0.5, 0.6) is 0 Å². The summed E-state index contributed by atoms with van der Waals surface area (Å²) in [5, 5.41) is 9.85. The number of aliphatic hydroxyl groups is 1. The van der Waals surface area contributed by atoms with E-state index >= 15 is 0 Å². The Balaban J connectivity index is 2.03. The average molecular weight is 238 g/mol. The second kappa shape index (κ2) is 6.80. The molecule has 1 aromatic heterocycles. The molecular weight excluding hydrogens is 212 g/mol. The number of hydrogen-bond acceptors (Lipinski definition) is 2. The Morgan fingerprint density at radius 2 is 1.94 bits per heavy atom. The Bertz CT molecular complexity index is 288. The molecule has 0 amide bonds. The van der Waals surface area contributed by atoms with Crippen molar-refractivity contribution in [3.8, 4) is 0 Å². The summed E-state index contributed by atoms with van der Waals surface area (Å²) >= 11 is 0. The van der Waals surface area contributed by atoms with Gasteiger partial charge >= 0.3 is 0 Å². The maximum Gasteiger partial charge on any atom is 0.0945 e. The number of aryl methyl sites for hydroxylation is 1. The van der Waals surface area contributed by atoms with Crippen molar-refractivity contribution >= 4 is 0 Å². The highest BCUT2D eigenvalue weighted by Crippen LogP contribution is 2.22. The molecule has 0 unspecified atom stereocenters. The van der Waals surface area contributed by atoms with Gasteiger partial charge in [0.15, 0.2) is 0 Å². The summed E-state index contributed by atoms with van der Waals surface area (Å²) < 4.78 is 2.06. The molecule has 98 valence electrons. The quantitative estimate of drug-likeness (QED) is 0.792. The number of rotatable bonds is 7. The van der Waals surface area contributed by atoms with Gasteiger partial charge < -0.3 is 9.67 Å². The minimum absolute atomic E-state index is 0.138. The maximum absolute atomic E-state index is 9.85. The van der Waals surface area contributed by atoms with Crippen LogP contribution in [0, 0.1) is 5.41 Å². The summed E-state index contributed by atoms with van der Waals surface area (Å²) in [4.78, 5) is 4.00. The lowest BCUT2D eigenvalue weighted by Gasteiger charge is -2.19. The van der Waals surface area contributed by atoms with Crippen LogP contribution in [0.2, 0.25) is 0 Å². The molecule has 17 heavy (non-hydrogen) atoms. The van der Waals surface area contributed by atoms with Gasteiger partial charge in [-0.3, -0.25) is 0 Å². The largest absolute Gasteiger partial charge is 0.393 e. The van der Waals surface area contributed by atoms with Crippen molar-refractivity contribution in [1.29, 1.82) is 0 Å². The molecule has 0 aliphatic heterocycles. The average Bonchev–Trinajstić information content (AvgIpc) is 2.68. The van der Waals surface area contributed by atoms with Gasteiger partial charge in [-0.2, -0.15) is 0 Å². The monoisotopic (exact) mass is 238 g/mol. The zero-order chi connectivity index (χ0) is 12.7. The van der Waals surface area contributed by atoms with Crippen LogP contribution in [0.4, 0.5) is 0 Å². The lowest BCUT2D eigenvalue weighted by atomic mass is 9.89. The van der Waals surface area contributed by atoms with E-state index in [1.807, 2.05) is 12.5 Å². The number of nitrogens with zero attached hydrogens (tertiary/aromatic N) is 2. The lowest BCUT2D eigenvalue weighted by Crippen LogP contribution is -2.11. The smallest absolute Gasteiger partial charge is 0.0945 e. The first-order valence-electron chi connectivity index (χ1n) is 6.61. The van der Waals surface area contributed by atoms with Gasteiger partial charge in [-0.05, 0) is 31.1 Å². The molecule has 1 aromatic rings. The second-order valence-electron chi connectivity index (χ2n) is 6.05. The standard InChI is InChI=1S/C14H26N2O/c1-14(2,3)8-4-6-13(17)7-5-10-16-11-9-15-12-16/h9,11-13,17H,4-8,10H2,1-3H3/t13-/m0/s1. The molecule has 1 N–H and O–H groups in total. The van der Waals surface area contributed by atoms with Gasteiger partial charge in [0.05, 0.1) is 12.4 Å². The minimum atomic E-state index is -0.138. The van der Waals surface area contributed by atoms with Crippen LogP contribution >= 0.6 is 0 Å². The van der Waals surface area contributed by atoms with Gasteiger partial charge in [0.2, 0.25) is 0 Å². The summed E-state index contributed by atoms with van der Waals surface area (Å²) in [7, 11) is 0. The van der Waals surface area contributed by atoms with Crippen LogP contribution in [-0.2, 0) is 6.54 Å². The normalized spacial score (nSPS) is 13.9. The SMILES string of the molecule is CC(C)(C)CCC[C@H](O)CCCn1ccnc1. The number of aromatic nitrogens is 2. The van der Waals surface area contributed by atoms with E-state index in [2.05, 4.69) is 30.3 Å². The highest BCUT2D eigenvalue weighted by molar-refractivity contribution is 4.74. The molecule has 3 heteroatoms. The predicted molar refractivity (Wildman–Crippen MR) is 70.8 cm³/mol. The first-order chi connectivity index (χ1) is 7.97. The molecule has 1 heterocycles. The summed E-state index contributed by atoms with van der Waals surface area (Å²) in [5.41, 5.74) is 0.385. The van der Waals surface area contributed by atoms with Crippen LogP contribution in [0.3, 0.4) is 0 Å². The van der Waals surface area contributed by atoms with Crippen LogP contribution in [0.25, 0.3) is 0 Å². The van der Waals surface area contributed by atoms with Crippen molar-refractivity contribution in [2.75, 3.05) is 0 Å². The fourth-order valence-electron chi connectivity index (χ4n) is 1.94. The molecule has 3 nitrogen and oxygen atoms in total. The number of hydrogen-bond donors (Lipinski definition) is 1. The molecule has 0 aromatic carbocycles. The summed E-state index contributed by atoms with van der Waals surface area (Å²) in [6.07, 6.45) is 10.6. The predicted octanol–water partition coefficient (Wildman–Crippen LogP) is 3.24. The highest BCUT2D eigenvalue weighted by Gasteiger charge is 2.11. The van der Waals surface area contributed by atoms with Gasteiger partial charge in [-0.25, -0.2) is 4.98 Å². The number of aliphatic hydroxyl groups excluding tert-OH is 1. The molecule has 0 saturated heterocycles. The second-order valence-corrected chi connectivity index (χ2v) is 6.05. The van der Waals surface area contributed by atoms with Crippen LogP contribution in [0.1, 0.15) is 52.9 Å². The van der Waals surface area contributed by atoms with Crippen molar-refractivity contribution in [3.05, 3.63) is 18.7 Å². The van der Waals surface area contributed by atoms with Gasteiger partial charge in [0, 0.05) is 18.9 Å². The van der Waals surface area contributed by atoms with E-state index in [9.17, 15) is 5.11 Å². The Kier molecular flexibility index (Phi) is 5.69. The van der Waals surface area contributed by atoms with E-state index in [4.69, 9.17) is 0 Å². The molecule has 1 atom stereocenters. The summed E-state index contributed by atoms with van der Waals surface area (Å²) in [5.74, 6) is 0. The third-order valence-corrected chi connectivity index (χ3v) is 2.98. The van der Waals surface area contributed by atoms with Crippen molar-refractivity contribution in [2.45, 2.75) is 65.5 Å². The molecule has 0 spiro atoms. The lowest BCUT2D eigenvalue weighted by molar-refractivity contribution is 0.142. The zero-order valence-corrected chi connectivity index (χ0v) is 11.4. The van der Waals surface area contributed by atoms with E-state index in [0.717, 1.165) is 32.2 Å². The first kappa shape index (κ1) is 14.2. The third kappa shape index (κ3) is 7.16. The van der Waals surface area contributed by atoms with E-state index in [1.54, 1.807) is 6.20 Å². The van der Waals surface area contributed by atoms with Crippen LogP contribution in [-0.4, -0.2) is 20.8 Å². The van der Waals surface area contributed by atoms with Crippen molar-refractivity contribution in [2.24, 2.45) is 5.41 Å². The van der Waals surface area contributed by atoms with E-state index < -0.39 is 0 Å². The fourth-order valence-corrected chi connectivity index (χ4v) is 1.94. The van der Waals surface area contributed by atoms with Crippen molar-refractivity contribution in [1.82, 2.24) is 9.55 Å². The molecule has 0 bridgehead atoms. The van der Waals surface area contributed by atoms with Gasteiger partial charge in [0.1, 0.15) is 0 Å². The van der Waals surface area contributed by atoms with Crippen molar-refractivity contribution < 1.29 is 5.11 Å². The summed E-state index contributed by atoms with van der Waals surface area (Å²) in [6.45, 7) is 7.70.